The zero-order chi connectivity index (χ0) is 21.7. The Morgan fingerprint density at radius 1 is 1.23 bits per heavy atom. The summed E-state index contributed by atoms with van der Waals surface area (Å²) in [5, 5.41) is 30.5. The molecule has 3 rings (SSSR count). The summed E-state index contributed by atoms with van der Waals surface area (Å²) in [5.41, 5.74) is 1.13. The van der Waals surface area contributed by atoms with Crippen molar-refractivity contribution in [3.63, 3.8) is 0 Å². The molecule has 2 amide bonds. The number of fused-ring (bicyclic) bond motifs is 1. The van der Waals surface area contributed by atoms with Crippen molar-refractivity contribution in [3.8, 4) is 11.6 Å². The quantitative estimate of drug-likeness (QED) is 0.308. The first-order valence-electron chi connectivity index (χ1n) is 8.73. The molecule has 0 spiro atoms. The Balaban J connectivity index is 1.57. The minimum absolute atomic E-state index is 0.115. The first-order valence-corrected chi connectivity index (χ1v) is 8.73. The van der Waals surface area contributed by atoms with Crippen LogP contribution < -0.4 is 10.1 Å². The van der Waals surface area contributed by atoms with Crippen LogP contribution in [0.25, 0.3) is 10.9 Å². The number of benzene rings is 2. The number of nitrogens with zero attached hydrogens (tertiary/aromatic N) is 3. The lowest BCUT2D eigenvalue weighted by Gasteiger charge is -2.06. The van der Waals surface area contributed by atoms with Crippen LogP contribution in [-0.4, -0.2) is 40.0 Å². The highest BCUT2D eigenvalue weighted by atomic mass is 16.6. The zero-order valence-corrected chi connectivity index (χ0v) is 15.8. The van der Waals surface area contributed by atoms with Crippen LogP contribution in [0.1, 0.15) is 5.56 Å². The molecule has 154 valence electrons. The number of nitrogens with one attached hydrogen (secondary N) is 2. The average molecular weight is 411 g/mol. The number of hydrogen-bond acceptors (Lipinski definition) is 7. The first kappa shape index (κ1) is 20.5. The third-order valence-electron chi connectivity index (χ3n) is 4.04. The van der Waals surface area contributed by atoms with Gasteiger partial charge in [-0.2, -0.15) is 0 Å². The highest BCUT2D eigenvalue weighted by molar-refractivity contribution is 5.96. The molecule has 2 aromatic carbocycles. The monoisotopic (exact) mass is 411 g/mol. The fraction of sp³-hybridized carbons (Fsp3) is 0.158. The molecular weight excluding hydrogens is 394 g/mol. The van der Waals surface area contributed by atoms with Crippen molar-refractivity contribution < 1.29 is 24.4 Å². The third kappa shape index (κ3) is 4.95. The van der Waals surface area contributed by atoms with Crippen molar-refractivity contribution in [3.05, 3.63) is 58.1 Å². The van der Waals surface area contributed by atoms with Gasteiger partial charge in [0.15, 0.2) is 12.3 Å². The van der Waals surface area contributed by atoms with E-state index >= 15 is 0 Å². The van der Waals surface area contributed by atoms with E-state index in [9.17, 15) is 24.8 Å². The van der Waals surface area contributed by atoms with Gasteiger partial charge in [-0.25, -0.2) is 0 Å². The Hall–Kier alpha value is -4.28. The number of nitro benzene ring substituents is 1. The van der Waals surface area contributed by atoms with Crippen molar-refractivity contribution in [2.24, 2.45) is 10.2 Å². The molecule has 0 fully saturated rings. The molecule has 1 heterocycles. The number of carbonyl (C=O) groups is 2. The van der Waals surface area contributed by atoms with Gasteiger partial charge in [-0.3, -0.25) is 19.7 Å². The van der Waals surface area contributed by atoms with Crippen LogP contribution in [0.15, 0.2) is 52.7 Å². The van der Waals surface area contributed by atoms with E-state index in [2.05, 4.69) is 20.5 Å². The molecule has 0 bridgehead atoms. The summed E-state index contributed by atoms with van der Waals surface area (Å²) in [6.07, 6.45) is 0. The maximum Gasteiger partial charge on any atom is 0.283 e. The predicted octanol–water partition coefficient (Wildman–Crippen LogP) is 2.90. The topological polar surface area (TPSA) is 159 Å². The van der Waals surface area contributed by atoms with E-state index < -0.39 is 29.2 Å². The van der Waals surface area contributed by atoms with E-state index in [1.54, 1.807) is 12.1 Å². The lowest BCUT2D eigenvalue weighted by molar-refractivity contribution is -0.384. The van der Waals surface area contributed by atoms with Gasteiger partial charge in [0, 0.05) is 17.5 Å². The Labute approximate surface area is 169 Å². The molecule has 3 aromatic rings. The maximum absolute atomic E-state index is 11.9. The number of carbonyl (C=O) groups excluding carboxylic acids is 2. The van der Waals surface area contributed by atoms with Gasteiger partial charge in [-0.1, -0.05) is 17.7 Å². The van der Waals surface area contributed by atoms with Crippen LogP contribution >= 0.6 is 0 Å². The number of aromatic hydroxyl groups is 1. The lowest BCUT2D eigenvalue weighted by atomic mass is 10.2. The van der Waals surface area contributed by atoms with Crippen LogP contribution in [0, 0.1) is 17.0 Å². The van der Waals surface area contributed by atoms with E-state index in [4.69, 9.17) is 4.74 Å². The van der Waals surface area contributed by atoms with E-state index in [0.717, 1.165) is 5.56 Å². The number of amides is 2. The summed E-state index contributed by atoms with van der Waals surface area (Å²) in [7, 11) is 0. The van der Waals surface area contributed by atoms with Crippen LogP contribution in [0.3, 0.4) is 0 Å². The average Bonchev–Trinajstić information content (AvgIpc) is 3.04. The second kappa shape index (κ2) is 8.82. The van der Waals surface area contributed by atoms with Gasteiger partial charge < -0.3 is 20.1 Å². The Morgan fingerprint density at radius 3 is 2.67 bits per heavy atom. The van der Waals surface area contributed by atoms with Crippen molar-refractivity contribution in [1.82, 2.24) is 10.3 Å². The number of aromatic amines is 1. The molecule has 0 unspecified atom stereocenters. The summed E-state index contributed by atoms with van der Waals surface area (Å²) in [6, 6.07) is 11.0. The molecule has 0 saturated carbocycles. The maximum atomic E-state index is 11.9. The number of non-ortho nitro benzene ring substituents is 1. The minimum Gasteiger partial charge on any atom is -0.493 e. The summed E-state index contributed by atoms with van der Waals surface area (Å²) in [4.78, 5) is 36.5. The summed E-state index contributed by atoms with van der Waals surface area (Å²) >= 11 is 0. The second-order valence-electron chi connectivity index (χ2n) is 6.28. The molecule has 0 atom stereocenters. The standard InChI is InChI=1S/C19H17N5O6/c1-11-2-5-13(6-3-11)30-10-17(26)20-9-16(25)22-23-18-14-8-12(24(28)29)4-7-15(14)21-19(18)27/h2-8,21,27H,9-10H2,1H3,(H,20,26). The predicted molar refractivity (Wildman–Crippen MR) is 106 cm³/mol. The highest BCUT2D eigenvalue weighted by Gasteiger charge is 2.15. The molecule has 0 radical (unpaired) electrons. The fourth-order valence-corrected chi connectivity index (χ4v) is 2.52. The summed E-state index contributed by atoms with van der Waals surface area (Å²) in [5.74, 6) is -1.18. The normalized spacial score (nSPS) is 11.0. The van der Waals surface area contributed by atoms with Crippen LogP contribution in [0.5, 0.6) is 11.6 Å². The van der Waals surface area contributed by atoms with Crippen molar-refractivity contribution in [2.75, 3.05) is 13.2 Å². The van der Waals surface area contributed by atoms with Crippen molar-refractivity contribution >= 4 is 34.1 Å². The first-order chi connectivity index (χ1) is 14.3. The highest BCUT2D eigenvalue weighted by Crippen LogP contribution is 2.37. The molecule has 11 heteroatoms. The van der Waals surface area contributed by atoms with Crippen LogP contribution in [0.2, 0.25) is 0 Å². The van der Waals surface area contributed by atoms with Gasteiger partial charge in [0.05, 0.1) is 10.4 Å². The number of rotatable bonds is 7. The van der Waals surface area contributed by atoms with E-state index in [0.29, 0.717) is 11.3 Å². The van der Waals surface area contributed by atoms with Gasteiger partial charge in [0.25, 0.3) is 17.5 Å². The Kier molecular flexibility index (Phi) is 6.01. The number of ether oxygens (including phenoxy) is 1. The third-order valence-corrected chi connectivity index (χ3v) is 4.04. The molecule has 3 N–H and O–H groups in total. The van der Waals surface area contributed by atoms with Crippen LogP contribution in [0.4, 0.5) is 11.4 Å². The van der Waals surface area contributed by atoms with Gasteiger partial charge in [0.1, 0.15) is 12.3 Å². The number of H-pyrrole nitrogens is 1. The van der Waals surface area contributed by atoms with E-state index in [1.807, 2.05) is 19.1 Å². The molecule has 1 aromatic heterocycles. The second-order valence-corrected chi connectivity index (χ2v) is 6.28. The molecule has 0 aliphatic heterocycles. The largest absolute Gasteiger partial charge is 0.493 e. The molecule has 0 saturated heterocycles. The van der Waals surface area contributed by atoms with Gasteiger partial charge in [0.2, 0.25) is 5.88 Å². The van der Waals surface area contributed by atoms with Gasteiger partial charge in [-0.15, -0.1) is 10.2 Å². The molecule has 0 aliphatic rings. The summed E-state index contributed by atoms with van der Waals surface area (Å²) in [6.45, 7) is 1.22. The van der Waals surface area contributed by atoms with E-state index in [1.165, 1.54) is 18.2 Å². The molecule has 11 nitrogen and oxygen atoms in total. The summed E-state index contributed by atoms with van der Waals surface area (Å²) < 4.78 is 5.30. The van der Waals surface area contributed by atoms with E-state index in [-0.39, 0.29) is 23.4 Å². The fourth-order valence-electron chi connectivity index (χ4n) is 2.52. The Morgan fingerprint density at radius 2 is 1.97 bits per heavy atom. The molecule has 0 aliphatic carbocycles. The number of hydrogen-bond donors (Lipinski definition) is 3. The SMILES string of the molecule is Cc1ccc(OCC(=O)NCC(=O)N=Nc2c(O)[nH]c3ccc([N+](=O)[O-])cc23)cc1. The minimum atomic E-state index is -0.780. The molecular formula is C19H17N5O6. The number of azo groups is 1. The van der Waals surface area contributed by atoms with Crippen LogP contribution in [-0.2, 0) is 9.59 Å². The number of aromatic nitrogens is 1. The van der Waals surface area contributed by atoms with Gasteiger partial charge in [-0.05, 0) is 25.1 Å². The smallest absolute Gasteiger partial charge is 0.283 e. The zero-order valence-electron chi connectivity index (χ0n) is 15.8. The number of aryl methyl sites for hydroxylation is 1. The lowest BCUT2D eigenvalue weighted by Crippen LogP contribution is -2.32. The number of nitro groups is 1. The molecule has 30 heavy (non-hydrogen) atoms. The van der Waals surface area contributed by atoms with Gasteiger partial charge >= 0.3 is 0 Å². The Bertz CT molecular complexity index is 1140. The van der Waals surface area contributed by atoms with Crippen molar-refractivity contribution in [2.45, 2.75) is 6.92 Å². The van der Waals surface area contributed by atoms with Crippen molar-refractivity contribution in [1.29, 1.82) is 0 Å².